The van der Waals surface area contributed by atoms with E-state index in [0.717, 1.165) is 0 Å². The molecule has 2 aliphatic heterocycles. The summed E-state index contributed by atoms with van der Waals surface area (Å²) in [5, 5.41) is 1.40. The van der Waals surface area contributed by atoms with Crippen LogP contribution in [0.25, 0.3) is 32.3 Å². The molecule has 1 aromatic heterocycles. The number of hydrogen-bond acceptors (Lipinski definition) is 3. The fourth-order valence-electron chi connectivity index (χ4n) is 12.9. The third-order valence-electron chi connectivity index (χ3n) is 17.7. The van der Waals surface area contributed by atoms with Crippen molar-refractivity contribution in [2.75, 3.05) is 9.80 Å². The number of thiophene rings is 1. The van der Waals surface area contributed by atoms with Gasteiger partial charge in [0.1, 0.15) is 0 Å². The first kappa shape index (κ1) is 47.2. The zero-order valence-corrected chi connectivity index (χ0v) is 46.3. The lowest BCUT2D eigenvalue weighted by molar-refractivity contribution is 0.188. The first-order chi connectivity index (χ1) is 33.9. The minimum absolute atomic E-state index is 0.0178. The van der Waals surface area contributed by atoms with E-state index in [4.69, 9.17) is 0 Å². The Morgan fingerprint density at radius 1 is 0.431 bits per heavy atom. The van der Waals surface area contributed by atoms with Gasteiger partial charge in [-0.15, -0.1) is 11.3 Å². The third-order valence-corrected chi connectivity index (χ3v) is 18.9. The average molecular weight is 961 g/mol. The molecular weight excluding hydrogens is 888 g/mol. The fourth-order valence-corrected chi connectivity index (χ4v) is 14.3. The Hall–Kier alpha value is -5.84. The van der Waals surface area contributed by atoms with Crippen molar-refractivity contribution < 1.29 is 0 Å². The van der Waals surface area contributed by atoms with Gasteiger partial charge in [-0.1, -0.05) is 182 Å². The van der Waals surface area contributed by atoms with Crippen LogP contribution in [0.5, 0.6) is 0 Å². The Labute approximate surface area is 435 Å². The molecule has 8 aromatic rings. The van der Waals surface area contributed by atoms with Gasteiger partial charge in [0.25, 0.3) is 6.71 Å². The molecule has 2 nitrogen and oxygen atoms in total. The van der Waals surface area contributed by atoms with Crippen molar-refractivity contribution in [2.24, 2.45) is 0 Å². The van der Waals surface area contributed by atoms with Crippen LogP contribution in [0.2, 0.25) is 0 Å². The summed E-state index contributed by atoms with van der Waals surface area (Å²) in [6.45, 7) is 33.6. The highest BCUT2D eigenvalue weighted by Crippen LogP contribution is 2.59. The van der Waals surface area contributed by atoms with Gasteiger partial charge in [-0.2, -0.15) is 0 Å². The van der Waals surface area contributed by atoms with E-state index in [1.54, 1.807) is 11.1 Å². The number of fused-ring (bicyclic) bond motifs is 8. The molecule has 0 N–H and O–H groups in total. The molecule has 0 unspecified atom stereocenters. The van der Waals surface area contributed by atoms with Crippen LogP contribution in [-0.2, 0) is 32.5 Å². The van der Waals surface area contributed by atoms with E-state index in [1.165, 1.54) is 130 Å². The first-order valence-electron chi connectivity index (χ1n) is 26.9. The van der Waals surface area contributed by atoms with Crippen LogP contribution in [0.3, 0.4) is 0 Å². The lowest BCUT2D eigenvalue weighted by Crippen LogP contribution is -2.60. The van der Waals surface area contributed by atoms with Crippen molar-refractivity contribution in [3.8, 4) is 22.3 Å². The van der Waals surface area contributed by atoms with Crippen molar-refractivity contribution in [2.45, 2.75) is 155 Å². The van der Waals surface area contributed by atoms with E-state index in [0.29, 0.717) is 0 Å². The molecule has 7 aromatic carbocycles. The van der Waals surface area contributed by atoms with E-state index < -0.39 is 0 Å². The first-order valence-corrected chi connectivity index (χ1v) is 27.7. The molecule has 0 amide bonds. The number of benzene rings is 7. The molecule has 0 atom stereocenters. The van der Waals surface area contributed by atoms with Crippen molar-refractivity contribution in [1.29, 1.82) is 0 Å². The largest absolute Gasteiger partial charge is 0.311 e. The molecular formula is C68H73BN2S. The van der Waals surface area contributed by atoms with Gasteiger partial charge in [0.05, 0.1) is 17.1 Å². The van der Waals surface area contributed by atoms with Gasteiger partial charge in [-0.3, -0.25) is 0 Å². The normalized spacial score (nSPS) is 19.3. The van der Waals surface area contributed by atoms with E-state index in [2.05, 4.69) is 258 Å². The predicted molar refractivity (Wildman–Crippen MR) is 315 cm³/mol. The molecule has 1 fully saturated rings. The minimum atomic E-state index is -0.148. The number of hydrogen-bond donors (Lipinski definition) is 0. The van der Waals surface area contributed by atoms with Gasteiger partial charge >= 0.3 is 0 Å². The second kappa shape index (κ2) is 15.8. The monoisotopic (exact) mass is 961 g/mol. The lowest BCUT2D eigenvalue weighted by Gasteiger charge is -2.52. The molecule has 4 heteroatoms. The van der Waals surface area contributed by atoms with Crippen molar-refractivity contribution in [1.82, 2.24) is 0 Å². The smallest absolute Gasteiger partial charge is 0.264 e. The van der Waals surface area contributed by atoms with Gasteiger partial charge in [-0.25, -0.2) is 0 Å². The zero-order valence-electron chi connectivity index (χ0n) is 45.5. The van der Waals surface area contributed by atoms with Gasteiger partial charge < -0.3 is 9.80 Å². The number of rotatable bonds is 4. The predicted octanol–water partition coefficient (Wildman–Crippen LogP) is 17.6. The topological polar surface area (TPSA) is 6.48 Å². The Morgan fingerprint density at radius 3 is 1.35 bits per heavy atom. The van der Waals surface area contributed by atoms with E-state index in [9.17, 15) is 0 Å². The highest BCUT2D eigenvalue weighted by molar-refractivity contribution is 7.33. The van der Waals surface area contributed by atoms with Crippen LogP contribution in [0.4, 0.5) is 34.1 Å². The summed E-state index contributed by atoms with van der Waals surface area (Å²) in [4.78, 5) is 5.44. The molecule has 0 radical (unpaired) electrons. The van der Waals surface area contributed by atoms with Crippen molar-refractivity contribution in [3.63, 3.8) is 0 Å². The SMILES string of the molecule is CC(C)(C)c1ccc2c(c1)B1c3sc4cc5c(cc4c3N(c3ccc(C(C)(C)C)cc3-c3ccccc3)c3cc(C(C)(C)C)cc(c31)N2c1ccc(C(C)(C)C)cc1-c1ccccc1)C1(C)CCC5(C)CC1. The molecule has 1 saturated carbocycles. The molecule has 2 bridgehead atoms. The van der Waals surface area contributed by atoms with Crippen LogP contribution in [0.1, 0.15) is 156 Å². The van der Waals surface area contributed by atoms with Crippen molar-refractivity contribution in [3.05, 3.63) is 173 Å². The van der Waals surface area contributed by atoms with Crippen LogP contribution in [-0.4, -0.2) is 6.71 Å². The van der Waals surface area contributed by atoms with Crippen LogP contribution in [0.15, 0.2) is 140 Å². The summed E-state index contributed by atoms with van der Waals surface area (Å²) in [6.07, 6.45) is 5.06. The molecule has 364 valence electrons. The maximum absolute atomic E-state index is 2.77. The zero-order chi connectivity index (χ0) is 50.7. The van der Waals surface area contributed by atoms with Crippen molar-refractivity contribution >= 4 is 78.0 Å². The van der Waals surface area contributed by atoms with E-state index >= 15 is 0 Å². The summed E-state index contributed by atoms with van der Waals surface area (Å²) in [5.74, 6) is 0. The second-order valence-corrected chi connectivity index (χ2v) is 27.9. The summed E-state index contributed by atoms with van der Waals surface area (Å²) in [6, 6.07) is 55.1. The van der Waals surface area contributed by atoms with Crippen LogP contribution in [0, 0.1) is 0 Å². The summed E-state index contributed by atoms with van der Waals surface area (Å²) < 4.78 is 2.86. The molecule has 72 heavy (non-hydrogen) atoms. The highest BCUT2D eigenvalue weighted by atomic mass is 32.1. The Morgan fingerprint density at radius 2 is 0.861 bits per heavy atom. The molecule has 13 rings (SSSR count). The average Bonchev–Trinajstić information content (AvgIpc) is 3.71. The van der Waals surface area contributed by atoms with Gasteiger partial charge in [0, 0.05) is 43.1 Å². The molecule has 3 aliphatic carbocycles. The van der Waals surface area contributed by atoms with Gasteiger partial charge in [-0.05, 0) is 168 Å². The van der Waals surface area contributed by atoms with Gasteiger partial charge in [0.2, 0.25) is 0 Å². The second-order valence-electron chi connectivity index (χ2n) is 26.8. The van der Waals surface area contributed by atoms with Gasteiger partial charge in [0.15, 0.2) is 0 Å². The van der Waals surface area contributed by atoms with E-state index in [-0.39, 0.29) is 39.2 Å². The summed E-state index contributed by atoms with van der Waals surface area (Å²) in [5.41, 5.74) is 24.1. The Bertz CT molecular complexity index is 3490. The molecule has 3 heterocycles. The molecule has 0 saturated heterocycles. The highest BCUT2D eigenvalue weighted by Gasteiger charge is 2.50. The summed E-state index contributed by atoms with van der Waals surface area (Å²) >= 11 is 2.07. The maximum Gasteiger partial charge on any atom is 0.264 e. The lowest BCUT2D eigenvalue weighted by atomic mass is 9.36. The molecule has 0 spiro atoms. The number of nitrogens with zero attached hydrogens (tertiary/aromatic N) is 2. The third kappa shape index (κ3) is 7.31. The summed E-state index contributed by atoms with van der Waals surface area (Å²) in [7, 11) is 0. The Kier molecular flexibility index (Phi) is 10.4. The number of anilines is 6. The Balaban J connectivity index is 1.25. The van der Waals surface area contributed by atoms with Crippen LogP contribution >= 0.6 is 11.3 Å². The van der Waals surface area contributed by atoms with E-state index in [1.807, 2.05) is 0 Å². The van der Waals surface area contributed by atoms with Crippen LogP contribution < -0.4 is 25.5 Å². The maximum atomic E-state index is 2.77. The fraction of sp³-hybridized carbons (Fsp3) is 0.353. The molecule has 5 aliphatic rings. The minimum Gasteiger partial charge on any atom is -0.311 e. The standard InChI is InChI=1S/C68H73BN2S/c1-63(2,3)44-25-28-54(48(35-44)42-21-17-15-18-22-42)70-56-30-27-46(65(7,8)9)37-53(56)69-60-57(70)38-47(66(10,11)12)39-58(60)71(55-29-26-45(64(4,5)6)36-49(55)43-23-19-16-20-24-43)61-50-40-51-52(41-59(50)72-62(61)69)68(14)33-31-67(51,13)32-34-68/h15-30,35-41H,31-34H2,1-14H3. The quantitative estimate of drug-likeness (QED) is 0.162.